The van der Waals surface area contributed by atoms with Gasteiger partial charge in [-0.25, -0.2) is 23.1 Å². The first kappa shape index (κ1) is 18.4. The summed E-state index contributed by atoms with van der Waals surface area (Å²) in [6, 6.07) is 6.76. The van der Waals surface area contributed by atoms with E-state index in [1.165, 1.54) is 7.05 Å². The lowest BCUT2D eigenvalue weighted by molar-refractivity contribution is 0.394. The molecule has 0 bridgehead atoms. The summed E-state index contributed by atoms with van der Waals surface area (Å²) < 4.78 is 31.1. The van der Waals surface area contributed by atoms with Crippen molar-refractivity contribution in [3.8, 4) is 16.3 Å². The number of ether oxygens (including phenoxy) is 1. The maximum Gasteiger partial charge on any atom is 0.240 e. The molecule has 7 nitrogen and oxygen atoms in total. The number of rotatable bonds is 6. The summed E-state index contributed by atoms with van der Waals surface area (Å²) in [6.07, 6.45) is 3.81. The standard InChI is InChI=1S/C17H18N4O3S2/c1-11-17(12-4-6-14(7-5-12)26(22,23)18-2)25-16(20-11)8-13-9-19-10-15(21-13)24-3/h4-7,9-10,18H,8H2,1-3H3. The van der Waals surface area contributed by atoms with Gasteiger partial charge in [0.05, 0.1) is 39.5 Å². The minimum atomic E-state index is -3.44. The van der Waals surface area contributed by atoms with Crippen LogP contribution in [0.15, 0.2) is 41.6 Å². The van der Waals surface area contributed by atoms with Crippen molar-refractivity contribution in [2.45, 2.75) is 18.2 Å². The molecule has 0 fully saturated rings. The predicted octanol–water partition coefficient (Wildman–Crippen LogP) is 2.42. The molecule has 2 heterocycles. The molecule has 0 aliphatic heterocycles. The lowest BCUT2D eigenvalue weighted by Crippen LogP contribution is -2.18. The average molecular weight is 390 g/mol. The fraction of sp³-hybridized carbons (Fsp3) is 0.235. The number of sulfonamides is 1. The lowest BCUT2D eigenvalue weighted by atomic mass is 10.2. The average Bonchev–Trinajstić information content (AvgIpc) is 3.02. The number of hydrogen-bond acceptors (Lipinski definition) is 7. The number of hydrogen-bond donors (Lipinski definition) is 1. The minimum absolute atomic E-state index is 0.234. The molecule has 1 aromatic carbocycles. The molecule has 3 rings (SSSR count). The van der Waals surface area contributed by atoms with E-state index in [1.807, 2.05) is 6.92 Å². The van der Waals surface area contributed by atoms with Gasteiger partial charge >= 0.3 is 0 Å². The van der Waals surface area contributed by atoms with Gasteiger partial charge in [0, 0.05) is 12.6 Å². The zero-order chi connectivity index (χ0) is 18.7. The van der Waals surface area contributed by atoms with E-state index >= 15 is 0 Å². The highest BCUT2D eigenvalue weighted by Gasteiger charge is 2.14. The minimum Gasteiger partial charge on any atom is -0.480 e. The topological polar surface area (TPSA) is 94.1 Å². The summed E-state index contributed by atoms with van der Waals surface area (Å²) >= 11 is 1.56. The van der Waals surface area contributed by atoms with Crippen molar-refractivity contribution in [3.05, 3.63) is 53.1 Å². The molecular formula is C17H18N4O3S2. The van der Waals surface area contributed by atoms with Crippen LogP contribution in [-0.2, 0) is 16.4 Å². The van der Waals surface area contributed by atoms with E-state index in [-0.39, 0.29) is 4.90 Å². The van der Waals surface area contributed by atoms with Crippen LogP contribution in [0.1, 0.15) is 16.4 Å². The first-order chi connectivity index (χ1) is 12.4. The van der Waals surface area contributed by atoms with Crippen molar-refractivity contribution in [1.29, 1.82) is 0 Å². The molecule has 0 unspecified atom stereocenters. The van der Waals surface area contributed by atoms with Gasteiger partial charge in [-0.3, -0.25) is 4.98 Å². The molecule has 0 aliphatic rings. The number of aryl methyl sites for hydroxylation is 1. The lowest BCUT2D eigenvalue weighted by Gasteiger charge is -2.04. The highest BCUT2D eigenvalue weighted by atomic mass is 32.2. The van der Waals surface area contributed by atoms with Gasteiger partial charge < -0.3 is 4.74 Å². The molecule has 0 radical (unpaired) electrons. The number of methoxy groups -OCH3 is 1. The van der Waals surface area contributed by atoms with Crippen molar-refractivity contribution in [2.75, 3.05) is 14.2 Å². The number of thiazole rings is 1. The number of benzene rings is 1. The van der Waals surface area contributed by atoms with E-state index in [2.05, 4.69) is 19.7 Å². The maximum absolute atomic E-state index is 11.8. The van der Waals surface area contributed by atoms with E-state index in [4.69, 9.17) is 4.74 Å². The van der Waals surface area contributed by atoms with E-state index in [0.29, 0.717) is 12.3 Å². The van der Waals surface area contributed by atoms with E-state index in [0.717, 1.165) is 26.8 Å². The van der Waals surface area contributed by atoms with Crippen LogP contribution in [0.25, 0.3) is 10.4 Å². The predicted molar refractivity (Wildman–Crippen MR) is 99.9 cm³/mol. The van der Waals surface area contributed by atoms with E-state index < -0.39 is 10.0 Å². The summed E-state index contributed by atoms with van der Waals surface area (Å²) in [6.45, 7) is 1.94. The van der Waals surface area contributed by atoms with Crippen molar-refractivity contribution in [3.63, 3.8) is 0 Å². The Kier molecular flexibility index (Phi) is 5.30. The highest BCUT2D eigenvalue weighted by molar-refractivity contribution is 7.89. The molecule has 3 aromatic rings. The molecule has 0 amide bonds. The SMILES string of the molecule is CNS(=O)(=O)c1ccc(-c2sc(Cc3cncc(OC)n3)nc2C)cc1. The molecule has 2 aromatic heterocycles. The van der Waals surface area contributed by atoms with Crippen molar-refractivity contribution < 1.29 is 13.2 Å². The van der Waals surface area contributed by atoms with Crippen LogP contribution in [0, 0.1) is 6.92 Å². The van der Waals surface area contributed by atoms with Gasteiger partial charge in [0.2, 0.25) is 15.9 Å². The van der Waals surface area contributed by atoms with Gasteiger partial charge in [0.25, 0.3) is 0 Å². The number of aromatic nitrogens is 3. The third-order valence-electron chi connectivity index (χ3n) is 3.74. The largest absolute Gasteiger partial charge is 0.480 e. The Morgan fingerprint density at radius 1 is 1.15 bits per heavy atom. The van der Waals surface area contributed by atoms with Gasteiger partial charge in [0.1, 0.15) is 0 Å². The van der Waals surface area contributed by atoms with E-state index in [1.54, 1.807) is 55.1 Å². The van der Waals surface area contributed by atoms with Crippen LogP contribution in [0.2, 0.25) is 0 Å². The molecule has 136 valence electrons. The summed E-state index contributed by atoms with van der Waals surface area (Å²) in [5.41, 5.74) is 2.60. The Morgan fingerprint density at radius 2 is 1.88 bits per heavy atom. The quantitative estimate of drug-likeness (QED) is 0.695. The number of nitrogens with one attached hydrogen (secondary N) is 1. The monoisotopic (exact) mass is 390 g/mol. The molecule has 1 N–H and O–H groups in total. The van der Waals surface area contributed by atoms with Crippen LogP contribution < -0.4 is 9.46 Å². The second kappa shape index (κ2) is 7.48. The summed E-state index contributed by atoms with van der Waals surface area (Å²) in [5.74, 6) is 0.470. The van der Waals surface area contributed by atoms with Crippen molar-refractivity contribution in [2.24, 2.45) is 0 Å². The Hall–Kier alpha value is -2.36. The normalized spacial score (nSPS) is 11.5. The Morgan fingerprint density at radius 3 is 2.54 bits per heavy atom. The zero-order valence-electron chi connectivity index (χ0n) is 14.6. The second-order valence-electron chi connectivity index (χ2n) is 5.48. The molecule has 0 aliphatic carbocycles. The zero-order valence-corrected chi connectivity index (χ0v) is 16.2. The molecule has 0 spiro atoms. The third-order valence-corrected chi connectivity index (χ3v) is 6.38. The molecular weight excluding hydrogens is 372 g/mol. The van der Waals surface area contributed by atoms with Crippen LogP contribution in [0.5, 0.6) is 5.88 Å². The molecule has 26 heavy (non-hydrogen) atoms. The number of nitrogens with zero attached hydrogens (tertiary/aromatic N) is 3. The third kappa shape index (κ3) is 3.90. The molecule has 0 saturated carbocycles. The van der Waals surface area contributed by atoms with Crippen LogP contribution in [-0.4, -0.2) is 37.5 Å². The van der Waals surface area contributed by atoms with Gasteiger partial charge in [0.15, 0.2) is 0 Å². The Labute approximate surface area is 156 Å². The van der Waals surface area contributed by atoms with Crippen molar-refractivity contribution in [1.82, 2.24) is 19.7 Å². The van der Waals surface area contributed by atoms with Gasteiger partial charge in [-0.15, -0.1) is 11.3 Å². The highest BCUT2D eigenvalue weighted by Crippen LogP contribution is 2.31. The van der Waals surface area contributed by atoms with Gasteiger partial charge in [-0.1, -0.05) is 12.1 Å². The fourth-order valence-corrected chi connectivity index (χ4v) is 4.24. The van der Waals surface area contributed by atoms with Crippen LogP contribution in [0.4, 0.5) is 0 Å². The second-order valence-corrected chi connectivity index (χ2v) is 8.45. The maximum atomic E-state index is 11.8. The van der Waals surface area contributed by atoms with Gasteiger partial charge in [-0.05, 0) is 31.7 Å². The molecule has 0 saturated heterocycles. The van der Waals surface area contributed by atoms with Gasteiger partial charge in [-0.2, -0.15) is 0 Å². The summed E-state index contributed by atoms with van der Waals surface area (Å²) in [7, 11) is -0.493. The molecule has 0 atom stereocenters. The Bertz CT molecular complexity index is 1010. The smallest absolute Gasteiger partial charge is 0.240 e. The van der Waals surface area contributed by atoms with Crippen LogP contribution >= 0.6 is 11.3 Å². The fourth-order valence-electron chi connectivity index (χ4n) is 2.42. The summed E-state index contributed by atoms with van der Waals surface area (Å²) in [4.78, 5) is 14.3. The first-order valence-electron chi connectivity index (χ1n) is 7.78. The van der Waals surface area contributed by atoms with E-state index in [9.17, 15) is 8.42 Å². The first-order valence-corrected chi connectivity index (χ1v) is 10.1. The van der Waals surface area contributed by atoms with Crippen molar-refractivity contribution >= 4 is 21.4 Å². The molecule has 9 heteroatoms. The summed E-state index contributed by atoms with van der Waals surface area (Å²) in [5, 5.41) is 0.909. The van der Waals surface area contributed by atoms with Crippen LogP contribution in [0.3, 0.4) is 0 Å². The Balaban J connectivity index is 1.86.